The number of ether oxygens (including phenoxy) is 2. The van der Waals surface area contributed by atoms with Gasteiger partial charge in [-0.1, -0.05) is 76.6 Å². The number of hydrogen-bond acceptors (Lipinski definition) is 2. The first-order valence-corrected chi connectivity index (χ1v) is 26.7. The molecule has 0 aliphatic heterocycles. The summed E-state index contributed by atoms with van der Waals surface area (Å²) in [6.45, 7) is 19.7. The van der Waals surface area contributed by atoms with E-state index >= 15 is 0 Å². The second-order valence-electron chi connectivity index (χ2n) is 15.2. The van der Waals surface area contributed by atoms with E-state index in [1.165, 1.54) is 72.9 Å². The average molecular weight is 761 g/mol. The summed E-state index contributed by atoms with van der Waals surface area (Å²) in [5.74, 6) is 0. The van der Waals surface area contributed by atoms with Crippen molar-refractivity contribution in [3.63, 3.8) is 0 Å². The van der Waals surface area contributed by atoms with Gasteiger partial charge in [0.2, 0.25) is 0 Å². The van der Waals surface area contributed by atoms with Gasteiger partial charge >= 0.3 is 37.9 Å². The van der Waals surface area contributed by atoms with Crippen LogP contribution in [0.2, 0.25) is 13.1 Å². The van der Waals surface area contributed by atoms with E-state index in [0.717, 1.165) is 26.1 Å². The van der Waals surface area contributed by atoms with Crippen LogP contribution in [0.4, 0.5) is 0 Å². The van der Waals surface area contributed by atoms with Gasteiger partial charge in [-0.2, -0.15) is 11.1 Å². The summed E-state index contributed by atoms with van der Waals surface area (Å²) in [6.07, 6.45) is 12.2. The van der Waals surface area contributed by atoms with Gasteiger partial charge in [-0.15, -0.1) is 80.4 Å². The van der Waals surface area contributed by atoms with Crippen molar-refractivity contribution in [3.8, 4) is 0 Å². The van der Waals surface area contributed by atoms with Crippen LogP contribution in [-0.2, 0) is 43.2 Å². The molecule has 6 heteroatoms. The normalized spacial score (nSPS) is 12.4. The predicted molar refractivity (Wildman–Crippen MR) is 203 cm³/mol. The van der Waals surface area contributed by atoms with Crippen molar-refractivity contribution in [1.29, 1.82) is 0 Å². The standard InChI is InChI=1S/C40H58O2Si.2ClH.Zr/c1-39(2,3)41-27-19-11-9-13-21-31-29-37(35-25-17-15-23-33(31)35)43(7,8)38-30-32(34-24-16-18-26-36(34)38)22-14-10-12-20-28-42-40(4,5)6;;;/h15-18,23-26,29-30H,9-14,19-22,27-28H2,1-8H3;2*1H;/q-2;;;+4/p-2. The van der Waals surface area contributed by atoms with E-state index in [2.05, 4.69) is 115 Å². The molecule has 0 spiro atoms. The Morgan fingerprint density at radius 2 is 0.935 bits per heavy atom. The van der Waals surface area contributed by atoms with E-state index in [-0.39, 0.29) is 11.2 Å². The van der Waals surface area contributed by atoms with E-state index < -0.39 is 28.9 Å². The Bertz CT molecular complexity index is 1350. The fraction of sp³-hybridized carbons (Fsp3) is 0.550. The molecule has 0 aliphatic rings. The van der Waals surface area contributed by atoms with Gasteiger partial charge in [-0.25, -0.2) is 0 Å². The first-order valence-electron chi connectivity index (χ1n) is 17.4. The summed E-state index contributed by atoms with van der Waals surface area (Å²) < 4.78 is 11.8. The fourth-order valence-electron chi connectivity index (χ4n) is 6.55. The van der Waals surface area contributed by atoms with Crippen molar-refractivity contribution in [2.75, 3.05) is 13.2 Å². The predicted octanol–water partition coefficient (Wildman–Crippen LogP) is 11.5. The van der Waals surface area contributed by atoms with Crippen LogP contribution in [0.15, 0.2) is 60.7 Å². The van der Waals surface area contributed by atoms with E-state index in [1.54, 1.807) is 21.5 Å². The van der Waals surface area contributed by atoms with E-state index in [0.29, 0.717) is 0 Å². The first-order chi connectivity index (χ1) is 21.8. The number of fused-ring (bicyclic) bond motifs is 2. The van der Waals surface area contributed by atoms with Crippen LogP contribution in [0.1, 0.15) is 104 Å². The molecule has 0 N–H and O–H groups in total. The van der Waals surface area contributed by atoms with E-state index in [9.17, 15) is 0 Å². The maximum atomic E-state index is 5.92. The zero-order valence-electron chi connectivity index (χ0n) is 29.8. The molecule has 4 aromatic carbocycles. The van der Waals surface area contributed by atoms with Gasteiger partial charge in [0.25, 0.3) is 0 Å². The zero-order chi connectivity index (χ0) is 33.8. The van der Waals surface area contributed by atoms with Crippen LogP contribution in [-0.4, -0.2) is 32.5 Å². The summed E-state index contributed by atoms with van der Waals surface area (Å²) in [5.41, 5.74) is 3.03. The number of benzene rings is 2. The van der Waals surface area contributed by atoms with Crippen LogP contribution in [0, 0.1) is 0 Å². The molecular weight excluding hydrogens is 703 g/mol. The molecule has 0 radical (unpaired) electrons. The molecule has 4 aromatic rings. The molecule has 0 bridgehead atoms. The van der Waals surface area contributed by atoms with Crippen LogP contribution >= 0.6 is 17.0 Å². The van der Waals surface area contributed by atoms with Gasteiger partial charge in [0.15, 0.2) is 0 Å². The van der Waals surface area contributed by atoms with Crippen molar-refractivity contribution in [2.24, 2.45) is 0 Å². The summed E-state index contributed by atoms with van der Waals surface area (Å²) in [5, 5.41) is 9.13. The molecular formula is C40H58Cl2O2SiZr. The summed E-state index contributed by atoms with van der Waals surface area (Å²) in [4.78, 5) is 0. The van der Waals surface area contributed by atoms with E-state index in [4.69, 9.17) is 26.5 Å². The summed E-state index contributed by atoms with van der Waals surface area (Å²) >= 11 is -0.826. The molecule has 0 saturated heterocycles. The molecule has 0 amide bonds. The molecule has 2 nitrogen and oxygen atoms in total. The summed E-state index contributed by atoms with van der Waals surface area (Å²) in [7, 11) is 7.93. The van der Waals surface area contributed by atoms with Crippen molar-refractivity contribution in [1.82, 2.24) is 0 Å². The van der Waals surface area contributed by atoms with Gasteiger partial charge in [0, 0.05) is 21.3 Å². The molecule has 0 aromatic heterocycles. The summed E-state index contributed by atoms with van der Waals surface area (Å²) in [6, 6.07) is 23.6. The third-order valence-corrected chi connectivity index (χ3v) is 12.4. The molecule has 0 fully saturated rings. The Kier molecular flexibility index (Phi) is 16.3. The molecule has 0 heterocycles. The quantitative estimate of drug-likeness (QED) is 0.0643. The average Bonchev–Trinajstić information content (AvgIpc) is 3.55. The SMILES string of the molecule is CC(C)(C)OCCCCCCc1c[c-]([Si](C)(C)[c-]2cc(CCCCCCOC(C)(C)C)c3ccccc32)c2ccccc12.[Cl][Zr+2][Cl]. The van der Waals surface area contributed by atoms with Crippen molar-refractivity contribution in [2.45, 2.75) is 130 Å². The third kappa shape index (κ3) is 12.3. The van der Waals surface area contributed by atoms with Crippen molar-refractivity contribution in [3.05, 3.63) is 71.8 Å². The molecule has 252 valence electrons. The van der Waals surface area contributed by atoms with Crippen LogP contribution in [0.25, 0.3) is 21.5 Å². The Morgan fingerprint density at radius 1 is 0.587 bits per heavy atom. The number of rotatable bonds is 16. The Morgan fingerprint density at radius 3 is 1.30 bits per heavy atom. The van der Waals surface area contributed by atoms with Crippen LogP contribution < -0.4 is 10.4 Å². The molecule has 0 saturated carbocycles. The van der Waals surface area contributed by atoms with Crippen molar-refractivity contribution < 1.29 is 30.3 Å². The third-order valence-electron chi connectivity index (χ3n) is 8.86. The second-order valence-corrected chi connectivity index (χ2v) is 23.3. The number of hydrogen-bond donors (Lipinski definition) is 0. The van der Waals surface area contributed by atoms with Crippen LogP contribution in [0.5, 0.6) is 0 Å². The molecule has 0 aliphatic carbocycles. The molecule has 4 rings (SSSR count). The zero-order valence-corrected chi connectivity index (χ0v) is 34.8. The van der Waals surface area contributed by atoms with Gasteiger partial charge in [-0.3, -0.25) is 0 Å². The topological polar surface area (TPSA) is 18.5 Å². The monoisotopic (exact) mass is 758 g/mol. The fourth-order valence-corrected chi connectivity index (χ4v) is 9.69. The minimum atomic E-state index is -1.94. The Balaban J connectivity index is 0.00000185. The molecule has 0 unspecified atom stereocenters. The Hall–Kier alpha value is -0.740. The van der Waals surface area contributed by atoms with Gasteiger partial charge < -0.3 is 9.47 Å². The van der Waals surface area contributed by atoms with Crippen molar-refractivity contribution >= 4 is 57.0 Å². The number of halogens is 2. The van der Waals surface area contributed by atoms with E-state index in [1.807, 2.05) is 0 Å². The molecule has 0 atom stereocenters. The second kappa shape index (κ2) is 18.9. The Labute approximate surface area is 300 Å². The molecule has 46 heavy (non-hydrogen) atoms. The van der Waals surface area contributed by atoms with Gasteiger partial charge in [-0.05, 0) is 54.4 Å². The maximum absolute atomic E-state index is 5.92. The van der Waals surface area contributed by atoms with Crippen LogP contribution in [0.3, 0.4) is 0 Å². The minimum absolute atomic E-state index is 0.0311. The first kappa shape index (κ1) is 39.7. The number of unbranched alkanes of at least 4 members (excludes halogenated alkanes) is 6. The number of aryl methyl sites for hydroxylation is 2. The van der Waals surface area contributed by atoms with Gasteiger partial charge in [0.1, 0.15) is 0 Å². The van der Waals surface area contributed by atoms with Gasteiger partial charge in [0.05, 0.1) is 11.2 Å².